The van der Waals surface area contributed by atoms with Gasteiger partial charge in [-0.1, -0.05) is 18.0 Å². The van der Waals surface area contributed by atoms with Gasteiger partial charge in [0.1, 0.15) is 5.75 Å². The minimum Gasteiger partial charge on any atom is -0.495 e. The fraction of sp³-hybridized carbons (Fsp3) is 0.500. The smallest absolute Gasteiger partial charge is 0.251 e. The molecule has 5 heteroatoms. The molecule has 0 spiro atoms. The number of fused-ring (bicyclic) bond motifs is 1. The second-order valence-corrected chi connectivity index (χ2v) is 5.22. The van der Waals surface area contributed by atoms with Crippen molar-refractivity contribution < 1.29 is 14.6 Å². The molecule has 0 radical (unpaired) electrons. The molecule has 0 aromatic heterocycles. The van der Waals surface area contributed by atoms with E-state index in [9.17, 15) is 9.90 Å². The van der Waals surface area contributed by atoms with Gasteiger partial charge in [-0.3, -0.25) is 4.79 Å². The summed E-state index contributed by atoms with van der Waals surface area (Å²) < 4.78 is 5.25. The first-order chi connectivity index (χ1) is 9.06. The molecule has 1 aromatic rings. The van der Waals surface area contributed by atoms with Gasteiger partial charge in [-0.05, 0) is 42.9 Å². The Labute approximate surface area is 117 Å². The van der Waals surface area contributed by atoms with Gasteiger partial charge in [-0.2, -0.15) is 0 Å². The molecule has 1 aliphatic carbocycles. The van der Waals surface area contributed by atoms with E-state index in [-0.39, 0.29) is 0 Å². The fourth-order valence-corrected chi connectivity index (χ4v) is 3.01. The largest absolute Gasteiger partial charge is 0.495 e. The van der Waals surface area contributed by atoms with Crippen molar-refractivity contribution in [1.82, 2.24) is 0 Å². The summed E-state index contributed by atoms with van der Waals surface area (Å²) in [5.74, 6) is -0.430. The molecule has 104 valence electrons. The second kappa shape index (κ2) is 5.80. The zero-order valence-corrected chi connectivity index (χ0v) is 11.7. The van der Waals surface area contributed by atoms with E-state index in [0.717, 1.165) is 43.2 Å². The van der Waals surface area contributed by atoms with Crippen LogP contribution in [0.3, 0.4) is 0 Å². The number of hydrogen-bond acceptors (Lipinski definition) is 3. The van der Waals surface area contributed by atoms with Crippen molar-refractivity contribution in [2.45, 2.75) is 38.2 Å². The van der Waals surface area contributed by atoms with Crippen LogP contribution in [0.2, 0.25) is 5.02 Å². The lowest BCUT2D eigenvalue weighted by molar-refractivity contribution is -0.126. The van der Waals surface area contributed by atoms with Crippen molar-refractivity contribution >= 4 is 17.5 Å². The summed E-state index contributed by atoms with van der Waals surface area (Å²) in [5, 5.41) is 10.5. The quantitative estimate of drug-likeness (QED) is 0.835. The third-order valence-corrected chi connectivity index (χ3v) is 3.88. The first-order valence-corrected chi connectivity index (χ1v) is 6.79. The van der Waals surface area contributed by atoms with Gasteiger partial charge in [0, 0.05) is 5.56 Å². The molecule has 0 fully saturated rings. The van der Waals surface area contributed by atoms with Crippen LogP contribution >= 0.6 is 11.6 Å². The van der Waals surface area contributed by atoms with E-state index in [1.807, 2.05) is 6.07 Å². The van der Waals surface area contributed by atoms with E-state index in [1.165, 1.54) is 7.11 Å². The van der Waals surface area contributed by atoms with Gasteiger partial charge >= 0.3 is 0 Å². The minimum atomic E-state index is -1.37. The van der Waals surface area contributed by atoms with Gasteiger partial charge in [0.2, 0.25) is 0 Å². The molecule has 0 heterocycles. The van der Waals surface area contributed by atoms with Crippen LogP contribution in [0.5, 0.6) is 5.75 Å². The average molecular weight is 284 g/mol. The topological polar surface area (TPSA) is 72.6 Å². The predicted octanol–water partition coefficient (Wildman–Crippen LogP) is 2.14. The van der Waals surface area contributed by atoms with Crippen molar-refractivity contribution in [2.75, 3.05) is 7.11 Å². The van der Waals surface area contributed by atoms with Crippen molar-refractivity contribution in [2.24, 2.45) is 5.73 Å². The van der Waals surface area contributed by atoms with E-state index in [1.54, 1.807) is 0 Å². The summed E-state index contributed by atoms with van der Waals surface area (Å²) in [7, 11) is 1.47. The maximum atomic E-state index is 11.3. The lowest BCUT2D eigenvalue weighted by Crippen LogP contribution is -2.23. The monoisotopic (exact) mass is 283 g/mol. The lowest BCUT2D eigenvalue weighted by Gasteiger charge is -2.20. The molecular formula is C14H18ClNO3. The summed E-state index contributed by atoms with van der Waals surface area (Å²) >= 11 is 6.18. The van der Waals surface area contributed by atoms with Crippen LogP contribution in [0.15, 0.2) is 6.07 Å². The Morgan fingerprint density at radius 2 is 2.11 bits per heavy atom. The molecule has 1 unspecified atom stereocenters. The van der Waals surface area contributed by atoms with Crippen LogP contribution in [0.25, 0.3) is 0 Å². The van der Waals surface area contributed by atoms with Gasteiger partial charge in [-0.15, -0.1) is 0 Å². The van der Waals surface area contributed by atoms with Crippen molar-refractivity contribution in [3.05, 3.63) is 27.8 Å². The molecule has 1 atom stereocenters. The molecule has 4 nitrogen and oxygen atoms in total. The van der Waals surface area contributed by atoms with E-state index in [4.69, 9.17) is 22.1 Å². The van der Waals surface area contributed by atoms with E-state index < -0.39 is 12.0 Å². The van der Waals surface area contributed by atoms with Gasteiger partial charge in [-0.25, -0.2) is 0 Å². The van der Waals surface area contributed by atoms with Crippen molar-refractivity contribution in [3.63, 3.8) is 0 Å². The normalized spacial score (nSPS) is 16.4. The highest BCUT2D eigenvalue weighted by atomic mass is 35.5. The Kier molecular flexibility index (Phi) is 4.32. The first-order valence-electron chi connectivity index (χ1n) is 6.41. The van der Waals surface area contributed by atoms with Crippen LogP contribution < -0.4 is 10.5 Å². The zero-order chi connectivity index (χ0) is 14.0. The fourth-order valence-electron chi connectivity index (χ4n) is 2.70. The molecule has 0 saturated heterocycles. The number of amides is 1. The van der Waals surface area contributed by atoms with Gasteiger partial charge in [0.25, 0.3) is 5.91 Å². The number of carbonyl (C=O) groups is 1. The highest BCUT2D eigenvalue weighted by molar-refractivity contribution is 6.32. The third kappa shape index (κ3) is 2.69. The van der Waals surface area contributed by atoms with Crippen LogP contribution in [0, 0.1) is 0 Å². The Morgan fingerprint density at radius 1 is 1.42 bits per heavy atom. The van der Waals surface area contributed by atoms with Crippen molar-refractivity contribution in [3.8, 4) is 5.75 Å². The maximum Gasteiger partial charge on any atom is 0.251 e. The third-order valence-electron chi connectivity index (χ3n) is 3.60. The number of aryl methyl sites for hydroxylation is 1. The van der Waals surface area contributed by atoms with Crippen LogP contribution in [-0.2, 0) is 17.6 Å². The number of carbonyl (C=O) groups excluding carboxylic acids is 1. The van der Waals surface area contributed by atoms with Crippen LogP contribution in [0.4, 0.5) is 0 Å². The average Bonchev–Trinajstić information content (AvgIpc) is 2.61. The molecular weight excluding hydrogens is 266 g/mol. The maximum absolute atomic E-state index is 11.3. The number of hydrogen-bond donors (Lipinski definition) is 2. The lowest BCUT2D eigenvalue weighted by atomic mass is 9.92. The highest BCUT2D eigenvalue weighted by Gasteiger charge is 2.27. The summed E-state index contributed by atoms with van der Waals surface area (Å²) in [5.41, 5.74) is 7.72. The SMILES string of the molecule is COc1c(Cl)cc2c(c1C(O)C(N)=O)CCCCC2. The molecule has 19 heavy (non-hydrogen) atoms. The number of primary amides is 1. The van der Waals surface area contributed by atoms with Crippen molar-refractivity contribution in [1.29, 1.82) is 0 Å². The number of ether oxygens (including phenoxy) is 1. The summed E-state index contributed by atoms with van der Waals surface area (Å²) in [6.45, 7) is 0. The molecule has 2 rings (SSSR count). The number of halogens is 1. The minimum absolute atomic E-state index is 0.355. The molecule has 1 aromatic carbocycles. The molecule has 1 amide bonds. The number of benzene rings is 1. The zero-order valence-electron chi connectivity index (χ0n) is 10.9. The van der Waals surface area contributed by atoms with E-state index in [2.05, 4.69) is 0 Å². The summed E-state index contributed by atoms with van der Waals surface area (Å²) in [4.78, 5) is 11.3. The highest BCUT2D eigenvalue weighted by Crippen LogP contribution is 2.40. The Bertz CT molecular complexity index is 502. The number of aliphatic hydroxyl groups is 1. The molecule has 0 bridgehead atoms. The second-order valence-electron chi connectivity index (χ2n) is 4.81. The molecule has 0 saturated carbocycles. The van der Waals surface area contributed by atoms with E-state index >= 15 is 0 Å². The number of nitrogens with two attached hydrogens (primary N) is 1. The van der Waals surface area contributed by atoms with Gasteiger partial charge in [0.05, 0.1) is 12.1 Å². The summed E-state index contributed by atoms with van der Waals surface area (Å²) in [6, 6.07) is 1.87. The van der Waals surface area contributed by atoms with Gasteiger partial charge < -0.3 is 15.6 Å². The number of methoxy groups -OCH3 is 1. The molecule has 1 aliphatic rings. The predicted molar refractivity (Wildman–Crippen MR) is 73.4 cm³/mol. The Hall–Kier alpha value is -1.26. The summed E-state index contributed by atoms with van der Waals surface area (Å²) in [6.07, 6.45) is 3.57. The molecule has 0 aliphatic heterocycles. The first kappa shape index (κ1) is 14.2. The Balaban J connectivity index is 2.65. The van der Waals surface area contributed by atoms with Gasteiger partial charge in [0.15, 0.2) is 6.10 Å². The van der Waals surface area contributed by atoms with Crippen LogP contribution in [-0.4, -0.2) is 18.1 Å². The number of rotatable bonds is 3. The Morgan fingerprint density at radius 3 is 2.74 bits per heavy atom. The molecule has 3 N–H and O–H groups in total. The standard InChI is InChI=1S/C14H18ClNO3/c1-19-13-10(15)7-8-5-3-2-4-6-9(8)11(13)12(17)14(16)18/h7,12,17H,2-6H2,1H3,(H2,16,18). The van der Waals surface area contributed by atoms with E-state index in [0.29, 0.717) is 16.3 Å². The van der Waals surface area contributed by atoms with Crippen LogP contribution in [0.1, 0.15) is 42.1 Å². The number of aliphatic hydroxyl groups excluding tert-OH is 1.